The van der Waals surface area contributed by atoms with Gasteiger partial charge in [-0.25, -0.2) is 8.42 Å². The zero-order chi connectivity index (χ0) is 17.4. The number of hydrogen-bond donors (Lipinski definition) is 0. The van der Waals surface area contributed by atoms with Crippen LogP contribution in [0.1, 0.15) is 11.7 Å². The lowest BCUT2D eigenvalue weighted by molar-refractivity contribution is -0.00266. The molecule has 1 fully saturated rings. The number of para-hydroxylation sites is 1. The summed E-state index contributed by atoms with van der Waals surface area (Å²) in [5, 5.41) is 4.13. The third-order valence-electron chi connectivity index (χ3n) is 4.27. The molecule has 0 aliphatic carbocycles. The zero-order valence-electron chi connectivity index (χ0n) is 13.8. The van der Waals surface area contributed by atoms with Gasteiger partial charge in [0.15, 0.2) is 11.5 Å². The SMILES string of the molecule is Cn1cc([C@H]2CN(S(=O)(=O)c3cccc4c3OCCO4)CCO2)cn1. The lowest BCUT2D eigenvalue weighted by Gasteiger charge is -2.32. The van der Waals surface area contributed by atoms with Crippen molar-refractivity contribution in [3.8, 4) is 11.5 Å². The van der Waals surface area contributed by atoms with Crippen molar-refractivity contribution in [3.63, 3.8) is 0 Å². The first kappa shape index (κ1) is 16.4. The Morgan fingerprint density at radius 1 is 1.20 bits per heavy atom. The third-order valence-corrected chi connectivity index (χ3v) is 6.16. The Balaban J connectivity index is 1.64. The lowest BCUT2D eigenvalue weighted by atomic mass is 10.2. The third kappa shape index (κ3) is 2.99. The van der Waals surface area contributed by atoms with E-state index in [1.807, 2.05) is 13.2 Å². The molecule has 2 aliphatic rings. The van der Waals surface area contributed by atoms with Crippen molar-refractivity contribution in [2.45, 2.75) is 11.0 Å². The van der Waals surface area contributed by atoms with Gasteiger partial charge >= 0.3 is 0 Å². The van der Waals surface area contributed by atoms with E-state index in [9.17, 15) is 8.42 Å². The van der Waals surface area contributed by atoms with Gasteiger partial charge in [0.1, 0.15) is 18.1 Å². The number of hydrogen-bond acceptors (Lipinski definition) is 6. The van der Waals surface area contributed by atoms with E-state index in [0.717, 1.165) is 5.56 Å². The highest BCUT2D eigenvalue weighted by atomic mass is 32.2. The molecule has 0 unspecified atom stereocenters. The van der Waals surface area contributed by atoms with Crippen LogP contribution in [0.25, 0.3) is 0 Å². The monoisotopic (exact) mass is 365 g/mol. The maximum Gasteiger partial charge on any atom is 0.247 e. The minimum Gasteiger partial charge on any atom is -0.486 e. The normalized spacial score (nSPS) is 21.2. The molecular weight excluding hydrogens is 346 g/mol. The van der Waals surface area contributed by atoms with Gasteiger partial charge in [0, 0.05) is 31.9 Å². The van der Waals surface area contributed by atoms with Gasteiger partial charge in [-0.05, 0) is 12.1 Å². The topological polar surface area (TPSA) is 82.9 Å². The van der Waals surface area contributed by atoms with Crippen LogP contribution in [0.3, 0.4) is 0 Å². The fourth-order valence-corrected chi connectivity index (χ4v) is 4.61. The average molecular weight is 365 g/mol. The van der Waals surface area contributed by atoms with Crippen LogP contribution in [-0.4, -0.2) is 55.4 Å². The number of fused-ring (bicyclic) bond motifs is 1. The molecule has 1 atom stereocenters. The van der Waals surface area contributed by atoms with Crippen molar-refractivity contribution >= 4 is 10.0 Å². The van der Waals surface area contributed by atoms with Gasteiger partial charge in [0.05, 0.1) is 18.9 Å². The minimum atomic E-state index is -3.72. The van der Waals surface area contributed by atoms with Gasteiger partial charge in [0.25, 0.3) is 0 Å². The van der Waals surface area contributed by atoms with Crippen LogP contribution in [-0.2, 0) is 21.8 Å². The summed E-state index contributed by atoms with van der Waals surface area (Å²) in [7, 11) is -1.90. The maximum atomic E-state index is 13.2. The second-order valence-electron chi connectivity index (χ2n) is 5.95. The number of benzene rings is 1. The maximum absolute atomic E-state index is 13.2. The first-order valence-corrected chi connectivity index (χ1v) is 9.48. The largest absolute Gasteiger partial charge is 0.486 e. The van der Waals surface area contributed by atoms with Crippen molar-refractivity contribution in [2.75, 3.05) is 32.9 Å². The van der Waals surface area contributed by atoms with Crippen molar-refractivity contribution in [2.24, 2.45) is 7.05 Å². The number of ether oxygens (including phenoxy) is 3. The Labute approximate surface area is 145 Å². The smallest absolute Gasteiger partial charge is 0.247 e. The molecule has 4 rings (SSSR count). The lowest BCUT2D eigenvalue weighted by Crippen LogP contribution is -2.42. The molecule has 0 saturated carbocycles. The van der Waals surface area contributed by atoms with E-state index in [1.54, 1.807) is 29.1 Å². The molecular formula is C16H19N3O5S. The van der Waals surface area contributed by atoms with Gasteiger partial charge in [-0.15, -0.1) is 0 Å². The van der Waals surface area contributed by atoms with E-state index in [2.05, 4.69) is 5.10 Å². The molecule has 8 nitrogen and oxygen atoms in total. The molecule has 2 aromatic rings. The van der Waals surface area contributed by atoms with Crippen LogP contribution >= 0.6 is 0 Å². The second-order valence-corrected chi connectivity index (χ2v) is 7.86. The zero-order valence-corrected chi connectivity index (χ0v) is 14.6. The van der Waals surface area contributed by atoms with Crippen LogP contribution < -0.4 is 9.47 Å². The minimum absolute atomic E-state index is 0.136. The summed E-state index contributed by atoms with van der Waals surface area (Å²) in [5.41, 5.74) is 0.858. The van der Waals surface area contributed by atoms with Gasteiger partial charge in [0.2, 0.25) is 10.0 Å². The van der Waals surface area contributed by atoms with Crippen molar-refractivity contribution < 1.29 is 22.6 Å². The highest BCUT2D eigenvalue weighted by molar-refractivity contribution is 7.89. The van der Waals surface area contributed by atoms with Gasteiger partial charge in [-0.2, -0.15) is 9.40 Å². The predicted molar refractivity (Wildman–Crippen MR) is 88.1 cm³/mol. The van der Waals surface area contributed by atoms with E-state index in [0.29, 0.717) is 32.1 Å². The Morgan fingerprint density at radius 2 is 2.04 bits per heavy atom. The van der Waals surface area contributed by atoms with Gasteiger partial charge in [-0.1, -0.05) is 6.07 Å². The molecule has 2 aliphatic heterocycles. The number of nitrogens with zero attached hydrogens (tertiary/aromatic N) is 3. The molecule has 134 valence electrons. The highest BCUT2D eigenvalue weighted by Crippen LogP contribution is 2.38. The average Bonchev–Trinajstić information content (AvgIpc) is 3.08. The standard InChI is InChI=1S/C16H19N3O5S/c1-18-10-12(9-17-18)14-11-19(5-6-22-14)25(20,21)15-4-2-3-13-16(15)24-8-7-23-13/h2-4,9-10,14H,5-8,11H2,1H3/t14-/m1/s1. The van der Waals surface area contributed by atoms with Crippen LogP contribution in [0, 0.1) is 0 Å². The molecule has 0 radical (unpaired) electrons. The number of aryl methyl sites for hydroxylation is 1. The first-order valence-electron chi connectivity index (χ1n) is 8.04. The highest BCUT2D eigenvalue weighted by Gasteiger charge is 2.35. The summed E-state index contributed by atoms with van der Waals surface area (Å²) in [6, 6.07) is 4.93. The summed E-state index contributed by atoms with van der Waals surface area (Å²) in [5.74, 6) is 0.752. The van der Waals surface area contributed by atoms with Crippen molar-refractivity contribution in [3.05, 3.63) is 36.2 Å². The molecule has 0 N–H and O–H groups in total. The van der Waals surface area contributed by atoms with E-state index in [1.165, 1.54) is 4.31 Å². The van der Waals surface area contributed by atoms with Crippen LogP contribution in [0.2, 0.25) is 0 Å². The molecule has 9 heteroatoms. The fraction of sp³-hybridized carbons (Fsp3) is 0.438. The van der Waals surface area contributed by atoms with Gasteiger partial charge < -0.3 is 14.2 Å². The summed E-state index contributed by atoms with van der Waals surface area (Å²) in [6.07, 6.45) is 3.19. The second kappa shape index (κ2) is 6.32. The summed E-state index contributed by atoms with van der Waals surface area (Å²) in [4.78, 5) is 0.136. The molecule has 1 aromatic heterocycles. The first-order chi connectivity index (χ1) is 12.1. The molecule has 3 heterocycles. The van der Waals surface area contributed by atoms with E-state index in [4.69, 9.17) is 14.2 Å². The van der Waals surface area contributed by atoms with Crippen LogP contribution in [0.5, 0.6) is 11.5 Å². The number of sulfonamides is 1. The molecule has 0 spiro atoms. The van der Waals surface area contributed by atoms with Crippen molar-refractivity contribution in [1.29, 1.82) is 0 Å². The molecule has 0 bridgehead atoms. The Bertz CT molecular complexity index is 880. The predicted octanol–water partition coefficient (Wildman–Crippen LogP) is 0.954. The summed E-state index contributed by atoms with van der Waals surface area (Å²) in [6.45, 7) is 1.60. The van der Waals surface area contributed by atoms with Crippen LogP contribution in [0.15, 0.2) is 35.5 Å². The number of morpholine rings is 1. The van der Waals surface area contributed by atoms with Gasteiger partial charge in [-0.3, -0.25) is 4.68 Å². The quantitative estimate of drug-likeness (QED) is 0.806. The number of aromatic nitrogens is 2. The summed E-state index contributed by atoms with van der Waals surface area (Å²) >= 11 is 0. The van der Waals surface area contributed by atoms with Crippen LogP contribution in [0.4, 0.5) is 0 Å². The molecule has 1 saturated heterocycles. The van der Waals surface area contributed by atoms with E-state index >= 15 is 0 Å². The Hall–Kier alpha value is -2.10. The molecule has 0 amide bonds. The fourth-order valence-electron chi connectivity index (χ4n) is 3.04. The Kier molecular flexibility index (Phi) is 4.14. The number of rotatable bonds is 3. The van der Waals surface area contributed by atoms with E-state index < -0.39 is 10.0 Å². The molecule has 25 heavy (non-hydrogen) atoms. The Morgan fingerprint density at radius 3 is 2.84 bits per heavy atom. The molecule has 1 aromatic carbocycles. The summed E-state index contributed by atoms with van der Waals surface area (Å²) < 4.78 is 46.2. The van der Waals surface area contributed by atoms with E-state index in [-0.39, 0.29) is 23.3 Å². The van der Waals surface area contributed by atoms with Crippen molar-refractivity contribution in [1.82, 2.24) is 14.1 Å².